The first-order valence-corrected chi connectivity index (χ1v) is 5.14. The second-order valence-electron chi connectivity index (χ2n) is 3.47. The first-order valence-electron chi connectivity index (χ1n) is 4.76. The number of hydrogen-bond acceptors (Lipinski definition) is 1. The molecule has 0 aliphatic heterocycles. The van der Waals surface area contributed by atoms with Crippen LogP contribution in [0.4, 0.5) is 10.1 Å². The summed E-state index contributed by atoms with van der Waals surface area (Å²) in [6.07, 6.45) is 5.58. The van der Waals surface area contributed by atoms with Crippen LogP contribution in [0.1, 0.15) is 5.56 Å². The number of benzene rings is 1. The highest BCUT2D eigenvalue weighted by Crippen LogP contribution is 2.21. The van der Waals surface area contributed by atoms with Crippen LogP contribution in [0.3, 0.4) is 0 Å². The molecule has 0 amide bonds. The zero-order valence-electron chi connectivity index (χ0n) is 8.69. The van der Waals surface area contributed by atoms with Gasteiger partial charge >= 0.3 is 0 Å². The summed E-state index contributed by atoms with van der Waals surface area (Å²) in [5, 5.41) is 0.0858. The number of hydrogen-bond donors (Lipinski definition) is 0. The van der Waals surface area contributed by atoms with Crippen LogP contribution in [0.15, 0.2) is 41.7 Å². The molecule has 2 rings (SSSR count). The summed E-state index contributed by atoms with van der Waals surface area (Å²) in [5.41, 5.74) is 1.62. The quantitative estimate of drug-likeness (QED) is 0.710. The van der Waals surface area contributed by atoms with E-state index in [-0.39, 0.29) is 5.02 Å². The molecule has 0 radical (unpaired) electrons. The van der Waals surface area contributed by atoms with Crippen LogP contribution in [0.2, 0.25) is 5.02 Å². The molecule has 4 heteroatoms. The largest absolute Gasteiger partial charge is 0.357 e. The third kappa shape index (κ3) is 2.49. The molecule has 0 saturated heterocycles. The maximum absolute atomic E-state index is 12.9. The molecule has 1 aromatic carbocycles. The van der Waals surface area contributed by atoms with Gasteiger partial charge in [0.05, 0.1) is 10.7 Å². The van der Waals surface area contributed by atoms with Crippen molar-refractivity contribution in [2.45, 2.75) is 0 Å². The monoisotopic (exact) mass is 236 g/mol. The smallest absolute Gasteiger partial charge is 0.141 e. The molecule has 2 nitrogen and oxygen atoms in total. The van der Waals surface area contributed by atoms with Gasteiger partial charge in [-0.2, -0.15) is 0 Å². The molecule has 0 aliphatic rings. The Morgan fingerprint density at radius 2 is 2.19 bits per heavy atom. The summed E-state index contributed by atoms with van der Waals surface area (Å²) in [6, 6.07) is 6.33. The lowest BCUT2D eigenvalue weighted by molar-refractivity contribution is 0.628. The van der Waals surface area contributed by atoms with Crippen molar-refractivity contribution in [3.05, 3.63) is 53.1 Å². The van der Waals surface area contributed by atoms with E-state index < -0.39 is 5.82 Å². The van der Waals surface area contributed by atoms with Crippen molar-refractivity contribution in [3.8, 4) is 0 Å². The predicted molar refractivity (Wildman–Crippen MR) is 64.1 cm³/mol. The van der Waals surface area contributed by atoms with Gasteiger partial charge in [-0.15, -0.1) is 0 Å². The van der Waals surface area contributed by atoms with E-state index in [2.05, 4.69) is 4.99 Å². The zero-order chi connectivity index (χ0) is 11.5. The fraction of sp³-hybridized carbons (Fsp3) is 0.0833. The zero-order valence-corrected chi connectivity index (χ0v) is 9.45. The minimum Gasteiger partial charge on any atom is -0.357 e. The Labute approximate surface area is 98.0 Å². The first-order chi connectivity index (χ1) is 7.65. The van der Waals surface area contributed by atoms with E-state index in [1.165, 1.54) is 12.1 Å². The average molecular weight is 237 g/mol. The SMILES string of the molecule is Cn1ccc(C=Nc2ccc(F)c(Cl)c2)c1. The standard InChI is InChI=1S/C12H10ClFN2/c1-16-5-4-9(8-16)7-15-10-2-3-12(14)11(13)6-10/h2-8H,1H3. The maximum Gasteiger partial charge on any atom is 0.141 e. The third-order valence-electron chi connectivity index (χ3n) is 2.12. The van der Waals surface area contributed by atoms with Gasteiger partial charge < -0.3 is 4.57 Å². The fourth-order valence-electron chi connectivity index (χ4n) is 1.32. The summed E-state index contributed by atoms with van der Waals surface area (Å²) < 4.78 is 14.8. The van der Waals surface area contributed by atoms with Gasteiger partial charge in [-0.05, 0) is 24.3 Å². The van der Waals surface area contributed by atoms with Crippen LogP contribution >= 0.6 is 11.6 Å². The highest BCUT2D eigenvalue weighted by atomic mass is 35.5. The second kappa shape index (κ2) is 4.49. The summed E-state index contributed by atoms with van der Waals surface area (Å²) in [7, 11) is 1.94. The molecule has 2 aromatic rings. The molecule has 1 heterocycles. The Hall–Kier alpha value is -1.61. The normalized spacial score (nSPS) is 11.2. The van der Waals surface area contributed by atoms with Crippen LogP contribution in [0.25, 0.3) is 0 Å². The Kier molecular flexibility index (Phi) is 3.06. The van der Waals surface area contributed by atoms with E-state index in [0.29, 0.717) is 5.69 Å². The molecule has 0 atom stereocenters. The van der Waals surface area contributed by atoms with E-state index in [4.69, 9.17) is 11.6 Å². The number of rotatable bonds is 2. The fourth-order valence-corrected chi connectivity index (χ4v) is 1.49. The van der Waals surface area contributed by atoms with Gasteiger partial charge in [0.15, 0.2) is 0 Å². The average Bonchev–Trinajstić information content (AvgIpc) is 2.66. The summed E-state index contributed by atoms with van der Waals surface area (Å²) >= 11 is 5.65. The van der Waals surface area contributed by atoms with Gasteiger partial charge in [0, 0.05) is 31.2 Å². The highest BCUT2D eigenvalue weighted by molar-refractivity contribution is 6.31. The first kappa shape index (κ1) is 10.9. The van der Waals surface area contributed by atoms with E-state index in [0.717, 1.165) is 5.56 Å². The maximum atomic E-state index is 12.9. The number of aryl methyl sites for hydroxylation is 1. The number of aromatic nitrogens is 1. The minimum absolute atomic E-state index is 0.0858. The van der Waals surface area contributed by atoms with Gasteiger partial charge in [-0.1, -0.05) is 11.6 Å². The summed E-state index contributed by atoms with van der Waals surface area (Å²) in [5.74, 6) is -0.430. The molecular weight excluding hydrogens is 227 g/mol. The van der Waals surface area contributed by atoms with Crippen molar-refractivity contribution in [1.29, 1.82) is 0 Å². The Bertz CT molecular complexity index is 532. The summed E-state index contributed by atoms with van der Waals surface area (Å²) in [6.45, 7) is 0. The molecule has 0 fully saturated rings. The lowest BCUT2D eigenvalue weighted by Crippen LogP contribution is -1.80. The van der Waals surface area contributed by atoms with E-state index in [1.54, 1.807) is 12.3 Å². The Morgan fingerprint density at radius 3 is 2.81 bits per heavy atom. The van der Waals surface area contributed by atoms with Gasteiger partial charge in [-0.25, -0.2) is 4.39 Å². The van der Waals surface area contributed by atoms with Crippen molar-refractivity contribution >= 4 is 23.5 Å². The number of aliphatic imine (C=N–C) groups is 1. The summed E-state index contributed by atoms with van der Waals surface area (Å²) in [4.78, 5) is 4.20. The Balaban J connectivity index is 2.20. The van der Waals surface area contributed by atoms with Crippen LogP contribution in [0.5, 0.6) is 0 Å². The van der Waals surface area contributed by atoms with Crippen LogP contribution in [-0.2, 0) is 7.05 Å². The topological polar surface area (TPSA) is 17.3 Å². The van der Waals surface area contributed by atoms with Crippen LogP contribution < -0.4 is 0 Å². The van der Waals surface area contributed by atoms with Crippen molar-refractivity contribution in [1.82, 2.24) is 4.57 Å². The van der Waals surface area contributed by atoms with Gasteiger partial charge in [0.1, 0.15) is 5.82 Å². The second-order valence-corrected chi connectivity index (χ2v) is 3.87. The molecule has 0 aliphatic carbocycles. The molecule has 1 aromatic heterocycles. The number of nitrogens with zero attached hydrogens (tertiary/aromatic N) is 2. The Morgan fingerprint density at radius 1 is 1.38 bits per heavy atom. The van der Waals surface area contributed by atoms with Crippen molar-refractivity contribution in [2.75, 3.05) is 0 Å². The third-order valence-corrected chi connectivity index (χ3v) is 2.41. The van der Waals surface area contributed by atoms with Crippen molar-refractivity contribution in [3.63, 3.8) is 0 Å². The molecule has 0 bridgehead atoms. The lowest BCUT2D eigenvalue weighted by Gasteiger charge is -1.95. The van der Waals surface area contributed by atoms with E-state index in [1.807, 2.05) is 30.1 Å². The van der Waals surface area contributed by atoms with Crippen LogP contribution in [0, 0.1) is 5.82 Å². The van der Waals surface area contributed by atoms with Crippen molar-refractivity contribution in [2.24, 2.45) is 12.0 Å². The lowest BCUT2D eigenvalue weighted by atomic mass is 10.3. The van der Waals surface area contributed by atoms with Gasteiger partial charge in [0.2, 0.25) is 0 Å². The minimum atomic E-state index is -0.430. The van der Waals surface area contributed by atoms with E-state index in [9.17, 15) is 4.39 Å². The molecule has 0 saturated carbocycles. The molecule has 0 unspecified atom stereocenters. The number of halogens is 2. The highest BCUT2D eigenvalue weighted by Gasteiger charge is 1.99. The predicted octanol–water partition coefficient (Wildman–Crippen LogP) is 3.57. The molecule has 0 N–H and O–H groups in total. The van der Waals surface area contributed by atoms with Crippen LogP contribution in [-0.4, -0.2) is 10.8 Å². The van der Waals surface area contributed by atoms with Gasteiger partial charge in [0.25, 0.3) is 0 Å². The van der Waals surface area contributed by atoms with E-state index >= 15 is 0 Å². The molecule has 82 valence electrons. The molecular formula is C12H10ClFN2. The molecule has 0 spiro atoms. The van der Waals surface area contributed by atoms with Crippen molar-refractivity contribution < 1.29 is 4.39 Å². The molecule has 16 heavy (non-hydrogen) atoms. The van der Waals surface area contributed by atoms with Gasteiger partial charge in [-0.3, -0.25) is 4.99 Å².